The molecule has 118 valence electrons. The highest BCUT2D eigenvalue weighted by atomic mass is 16.2. The van der Waals surface area contributed by atoms with E-state index in [1.165, 1.54) is 0 Å². The number of pyridine rings is 1. The molecule has 1 N–H and O–H groups in total. The molecule has 1 saturated carbocycles. The molecule has 3 rings (SSSR count). The molecular weight excluding hydrogens is 280 g/mol. The number of hydrogen-bond donors (Lipinski definition) is 1. The Kier molecular flexibility index (Phi) is 4.00. The smallest absolute Gasteiger partial charge is 0.225 e. The van der Waals surface area contributed by atoms with Crippen molar-refractivity contribution in [2.75, 3.05) is 25.5 Å². The van der Waals surface area contributed by atoms with E-state index in [0.717, 1.165) is 24.2 Å². The van der Waals surface area contributed by atoms with Gasteiger partial charge in [0.2, 0.25) is 11.8 Å². The zero-order valence-electron chi connectivity index (χ0n) is 13.1. The molecule has 0 spiro atoms. The second kappa shape index (κ2) is 5.94. The Balaban J connectivity index is 1.58. The first kappa shape index (κ1) is 14.8. The van der Waals surface area contributed by atoms with Gasteiger partial charge in [-0.15, -0.1) is 0 Å². The summed E-state index contributed by atoms with van der Waals surface area (Å²) in [6.45, 7) is 1.01. The Morgan fingerprint density at radius 2 is 2.23 bits per heavy atom. The van der Waals surface area contributed by atoms with Crippen LogP contribution in [0.25, 0.3) is 0 Å². The minimum absolute atomic E-state index is 0.0370. The molecule has 0 bridgehead atoms. The summed E-state index contributed by atoms with van der Waals surface area (Å²) < 4.78 is 0. The molecule has 1 aliphatic heterocycles. The van der Waals surface area contributed by atoms with Crippen molar-refractivity contribution >= 4 is 17.6 Å². The lowest BCUT2D eigenvalue weighted by Gasteiger charge is -2.17. The van der Waals surface area contributed by atoms with Crippen molar-refractivity contribution in [2.24, 2.45) is 5.92 Å². The third-order valence-corrected chi connectivity index (χ3v) is 4.26. The summed E-state index contributed by atoms with van der Waals surface area (Å²) in [6.07, 6.45) is 4.25. The van der Waals surface area contributed by atoms with Gasteiger partial charge in [-0.1, -0.05) is 6.07 Å². The molecule has 2 amide bonds. The predicted molar refractivity (Wildman–Crippen MR) is 83.3 cm³/mol. The van der Waals surface area contributed by atoms with Crippen molar-refractivity contribution < 1.29 is 9.59 Å². The molecule has 2 aliphatic rings. The summed E-state index contributed by atoms with van der Waals surface area (Å²) >= 11 is 0. The van der Waals surface area contributed by atoms with E-state index in [0.29, 0.717) is 25.6 Å². The zero-order chi connectivity index (χ0) is 15.7. The highest BCUT2D eigenvalue weighted by Gasteiger charge is 2.41. The van der Waals surface area contributed by atoms with Crippen LogP contribution in [0.3, 0.4) is 0 Å². The molecule has 22 heavy (non-hydrogen) atoms. The molecule has 0 unspecified atom stereocenters. The van der Waals surface area contributed by atoms with Gasteiger partial charge in [-0.25, -0.2) is 4.98 Å². The third-order valence-electron chi connectivity index (χ3n) is 4.26. The van der Waals surface area contributed by atoms with Gasteiger partial charge in [-0.2, -0.15) is 0 Å². The number of hydrogen-bond acceptors (Lipinski definition) is 4. The number of carbonyl (C=O) groups excluding carboxylic acids is 2. The molecular formula is C16H22N4O2. The van der Waals surface area contributed by atoms with Crippen molar-refractivity contribution in [3.63, 3.8) is 0 Å². The Morgan fingerprint density at radius 3 is 2.91 bits per heavy atom. The van der Waals surface area contributed by atoms with Crippen LogP contribution in [0, 0.1) is 5.92 Å². The summed E-state index contributed by atoms with van der Waals surface area (Å²) in [5.41, 5.74) is 0.976. The largest absolute Gasteiger partial charge is 0.362 e. The lowest BCUT2D eigenvalue weighted by molar-refractivity contribution is -0.129. The molecule has 1 atom stereocenters. The summed E-state index contributed by atoms with van der Waals surface area (Å²) in [6, 6.07) is 4.21. The molecule has 2 fully saturated rings. The number of nitrogens with zero attached hydrogens (tertiary/aromatic N) is 3. The van der Waals surface area contributed by atoms with Gasteiger partial charge in [-0.3, -0.25) is 9.59 Å². The molecule has 1 aliphatic carbocycles. The fourth-order valence-electron chi connectivity index (χ4n) is 2.94. The van der Waals surface area contributed by atoms with Crippen LogP contribution in [0.1, 0.15) is 24.8 Å². The van der Waals surface area contributed by atoms with E-state index in [1.54, 1.807) is 6.20 Å². The number of anilines is 1. The van der Waals surface area contributed by atoms with Gasteiger partial charge in [0.1, 0.15) is 5.82 Å². The number of nitrogens with one attached hydrogen (secondary N) is 1. The molecule has 0 radical (unpaired) electrons. The molecule has 0 aromatic carbocycles. The van der Waals surface area contributed by atoms with Crippen LogP contribution in [0.2, 0.25) is 0 Å². The van der Waals surface area contributed by atoms with E-state index in [1.807, 2.05) is 36.0 Å². The van der Waals surface area contributed by atoms with E-state index >= 15 is 0 Å². The van der Waals surface area contributed by atoms with Crippen LogP contribution in [-0.2, 0) is 16.1 Å². The predicted octanol–water partition coefficient (Wildman–Crippen LogP) is 0.775. The van der Waals surface area contributed by atoms with Crippen LogP contribution in [0.15, 0.2) is 18.3 Å². The van der Waals surface area contributed by atoms with E-state index < -0.39 is 0 Å². The minimum Gasteiger partial charge on any atom is -0.362 e. The van der Waals surface area contributed by atoms with E-state index in [9.17, 15) is 9.59 Å². The van der Waals surface area contributed by atoms with Crippen LogP contribution in [0.4, 0.5) is 5.82 Å². The first-order valence-electron chi connectivity index (χ1n) is 7.74. The Morgan fingerprint density at radius 1 is 1.45 bits per heavy atom. The third kappa shape index (κ3) is 3.05. The maximum Gasteiger partial charge on any atom is 0.225 e. The fourth-order valence-corrected chi connectivity index (χ4v) is 2.94. The summed E-state index contributed by atoms with van der Waals surface area (Å²) in [7, 11) is 3.85. The lowest BCUT2D eigenvalue weighted by atomic mass is 10.1. The SMILES string of the molecule is CN(C)c1ncccc1CNC(=O)[C@@H]1CC(=O)N(C2CC2)C1. The summed E-state index contributed by atoms with van der Waals surface area (Å²) in [5, 5.41) is 2.95. The van der Waals surface area contributed by atoms with Crippen molar-refractivity contribution in [1.29, 1.82) is 0 Å². The molecule has 2 heterocycles. The number of likely N-dealkylation sites (tertiary alicyclic amines) is 1. The highest BCUT2D eigenvalue weighted by molar-refractivity contribution is 5.89. The second-order valence-electron chi connectivity index (χ2n) is 6.28. The van der Waals surface area contributed by atoms with Crippen molar-refractivity contribution in [1.82, 2.24) is 15.2 Å². The van der Waals surface area contributed by atoms with Crippen LogP contribution >= 0.6 is 0 Å². The lowest BCUT2D eigenvalue weighted by Crippen LogP contribution is -2.33. The number of rotatable bonds is 5. The standard InChI is InChI=1S/C16H22N4O2/c1-19(2)15-11(4-3-7-17-15)9-18-16(22)12-8-14(21)20(10-12)13-5-6-13/h3-4,7,12-13H,5-6,8-10H2,1-2H3,(H,18,22)/t12-/m1/s1. The number of carbonyl (C=O) groups is 2. The Labute approximate surface area is 130 Å². The van der Waals surface area contributed by atoms with Crippen LogP contribution < -0.4 is 10.2 Å². The number of amides is 2. The normalized spacial score (nSPS) is 21.1. The van der Waals surface area contributed by atoms with Gasteiger partial charge < -0.3 is 15.1 Å². The van der Waals surface area contributed by atoms with Gasteiger partial charge in [0.15, 0.2) is 0 Å². The quantitative estimate of drug-likeness (QED) is 0.873. The van der Waals surface area contributed by atoms with Gasteiger partial charge >= 0.3 is 0 Å². The summed E-state index contributed by atoms with van der Waals surface area (Å²) in [4.78, 5) is 32.3. The van der Waals surface area contributed by atoms with Crippen molar-refractivity contribution in [2.45, 2.75) is 31.8 Å². The monoisotopic (exact) mass is 302 g/mol. The van der Waals surface area contributed by atoms with Gasteiger partial charge in [0.25, 0.3) is 0 Å². The minimum atomic E-state index is -0.215. The van der Waals surface area contributed by atoms with Crippen LogP contribution in [-0.4, -0.2) is 48.4 Å². The molecule has 6 heteroatoms. The first-order valence-corrected chi connectivity index (χ1v) is 7.74. The van der Waals surface area contributed by atoms with Gasteiger partial charge in [0.05, 0.1) is 5.92 Å². The second-order valence-corrected chi connectivity index (χ2v) is 6.28. The van der Waals surface area contributed by atoms with E-state index in [2.05, 4.69) is 10.3 Å². The zero-order valence-corrected chi connectivity index (χ0v) is 13.1. The van der Waals surface area contributed by atoms with E-state index in [4.69, 9.17) is 0 Å². The first-order chi connectivity index (χ1) is 10.6. The van der Waals surface area contributed by atoms with E-state index in [-0.39, 0.29) is 17.7 Å². The molecule has 1 saturated heterocycles. The average Bonchev–Trinajstić information content (AvgIpc) is 3.27. The van der Waals surface area contributed by atoms with Gasteiger partial charge in [0, 0.05) is 51.4 Å². The number of aromatic nitrogens is 1. The van der Waals surface area contributed by atoms with Crippen molar-refractivity contribution in [3.8, 4) is 0 Å². The fraction of sp³-hybridized carbons (Fsp3) is 0.562. The molecule has 1 aromatic heterocycles. The van der Waals surface area contributed by atoms with Gasteiger partial charge in [-0.05, 0) is 18.9 Å². The Hall–Kier alpha value is -2.11. The van der Waals surface area contributed by atoms with Crippen molar-refractivity contribution in [3.05, 3.63) is 23.9 Å². The summed E-state index contributed by atoms with van der Waals surface area (Å²) in [5.74, 6) is 0.723. The maximum atomic E-state index is 12.3. The topological polar surface area (TPSA) is 65.5 Å². The maximum absolute atomic E-state index is 12.3. The molecule has 1 aromatic rings. The molecule has 6 nitrogen and oxygen atoms in total. The highest BCUT2D eigenvalue weighted by Crippen LogP contribution is 2.32. The van der Waals surface area contributed by atoms with Crippen LogP contribution in [0.5, 0.6) is 0 Å². The average molecular weight is 302 g/mol. The Bertz CT molecular complexity index is 583.